The van der Waals surface area contributed by atoms with Gasteiger partial charge in [0.05, 0.1) is 9.82 Å². The summed E-state index contributed by atoms with van der Waals surface area (Å²) in [5.74, 6) is 0. The molecule has 0 aliphatic heterocycles. The summed E-state index contributed by atoms with van der Waals surface area (Å²) in [6.45, 7) is 0.136. The smallest absolute Gasteiger partial charge is 0.258 e. The highest BCUT2D eigenvalue weighted by Crippen LogP contribution is 2.15. The molecule has 8 heteroatoms. The van der Waals surface area contributed by atoms with E-state index in [0.717, 1.165) is 17.7 Å². The van der Waals surface area contributed by atoms with Gasteiger partial charge in [-0.2, -0.15) is 0 Å². The molecule has 0 radical (unpaired) electrons. The highest BCUT2D eigenvalue weighted by atomic mass is 32.2. The first-order chi connectivity index (χ1) is 9.49. The minimum Gasteiger partial charge on any atom is -0.258 e. The number of hydrogen-bond acceptors (Lipinski definition) is 4. The highest BCUT2D eigenvalue weighted by Gasteiger charge is 2.15. The Morgan fingerprint density at radius 2 is 1.90 bits per heavy atom. The molecular formula is C12H12N3O4S+. The van der Waals surface area contributed by atoms with Gasteiger partial charge >= 0.3 is 0 Å². The minimum absolute atomic E-state index is 0.0111. The standard InChI is InChI=1S/C12H11N3O4S/c16-15(17)11-3-5-12(6-4-11)20(18,19)14-9-10-2-1-7-13-8-10/h1-8,14H,9H2/p+1. The van der Waals surface area contributed by atoms with Gasteiger partial charge in [0.2, 0.25) is 10.0 Å². The molecule has 2 aromatic rings. The number of nitro benzene ring substituents is 1. The summed E-state index contributed by atoms with van der Waals surface area (Å²) < 4.78 is 26.4. The largest absolute Gasteiger partial charge is 0.269 e. The number of sulfonamides is 1. The van der Waals surface area contributed by atoms with Crippen molar-refractivity contribution in [1.82, 2.24) is 4.72 Å². The maximum atomic E-state index is 12.0. The molecule has 0 saturated heterocycles. The van der Waals surface area contributed by atoms with Crippen LogP contribution in [0.4, 0.5) is 5.69 Å². The third-order valence-electron chi connectivity index (χ3n) is 2.60. The van der Waals surface area contributed by atoms with E-state index in [2.05, 4.69) is 9.71 Å². The molecule has 20 heavy (non-hydrogen) atoms. The van der Waals surface area contributed by atoms with Crippen molar-refractivity contribution in [3.8, 4) is 0 Å². The van der Waals surface area contributed by atoms with E-state index in [0.29, 0.717) is 0 Å². The van der Waals surface area contributed by atoms with Crippen LogP contribution in [-0.4, -0.2) is 13.3 Å². The van der Waals surface area contributed by atoms with Gasteiger partial charge in [-0.25, -0.2) is 18.1 Å². The number of pyridine rings is 1. The Morgan fingerprint density at radius 1 is 1.20 bits per heavy atom. The lowest BCUT2D eigenvalue weighted by Gasteiger charge is -2.05. The maximum Gasteiger partial charge on any atom is 0.269 e. The molecule has 104 valence electrons. The van der Waals surface area contributed by atoms with Crippen LogP contribution >= 0.6 is 0 Å². The molecule has 0 fully saturated rings. The zero-order chi connectivity index (χ0) is 14.6. The van der Waals surface area contributed by atoms with Crippen LogP contribution < -0.4 is 9.71 Å². The molecular weight excluding hydrogens is 282 g/mol. The summed E-state index contributed by atoms with van der Waals surface area (Å²) in [6.07, 6.45) is 3.40. The fraction of sp³-hybridized carbons (Fsp3) is 0.0833. The van der Waals surface area contributed by atoms with Crippen molar-refractivity contribution in [2.75, 3.05) is 0 Å². The molecule has 0 aliphatic rings. The zero-order valence-corrected chi connectivity index (χ0v) is 11.1. The van der Waals surface area contributed by atoms with Crippen molar-refractivity contribution in [2.45, 2.75) is 11.4 Å². The lowest BCUT2D eigenvalue weighted by molar-refractivity contribution is -0.384. The van der Waals surface area contributed by atoms with Crippen LogP contribution in [0.1, 0.15) is 5.56 Å². The molecule has 0 spiro atoms. The summed E-state index contributed by atoms with van der Waals surface area (Å²) >= 11 is 0. The molecule has 7 nitrogen and oxygen atoms in total. The SMILES string of the molecule is O=[N+]([O-])c1ccc(S(=O)(=O)NCc2ccc[nH+]c2)cc1. The van der Waals surface area contributed by atoms with Crippen LogP contribution in [0.2, 0.25) is 0 Å². The van der Waals surface area contributed by atoms with Gasteiger partial charge in [-0.3, -0.25) is 10.1 Å². The number of rotatable bonds is 5. The number of hydrogen-bond donors (Lipinski definition) is 1. The fourth-order valence-electron chi connectivity index (χ4n) is 1.55. The summed E-state index contributed by atoms with van der Waals surface area (Å²) in [5.41, 5.74) is 0.625. The lowest BCUT2D eigenvalue weighted by Crippen LogP contribution is -2.23. The van der Waals surface area contributed by atoms with Crippen molar-refractivity contribution in [1.29, 1.82) is 0 Å². The van der Waals surface area contributed by atoms with Crippen LogP contribution in [0.5, 0.6) is 0 Å². The molecule has 0 unspecified atom stereocenters. The van der Waals surface area contributed by atoms with Gasteiger partial charge in [0.25, 0.3) is 5.69 Å². The van der Waals surface area contributed by atoms with Crippen LogP contribution in [0.25, 0.3) is 0 Å². The summed E-state index contributed by atoms with van der Waals surface area (Å²) in [7, 11) is -3.69. The molecule has 0 aliphatic carbocycles. The van der Waals surface area contributed by atoms with E-state index >= 15 is 0 Å². The number of aromatic nitrogens is 1. The van der Waals surface area contributed by atoms with E-state index in [1.165, 1.54) is 12.1 Å². The zero-order valence-electron chi connectivity index (χ0n) is 10.3. The average molecular weight is 294 g/mol. The second kappa shape index (κ2) is 5.76. The Hall–Kier alpha value is -2.32. The Balaban J connectivity index is 2.12. The van der Waals surface area contributed by atoms with Crippen molar-refractivity contribution in [2.24, 2.45) is 0 Å². The lowest BCUT2D eigenvalue weighted by atomic mass is 10.3. The normalized spacial score (nSPS) is 11.2. The third kappa shape index (κ3) is 3.37. The summed E-state index contributed by atoms with van der Waals surface area (Å²) in [4.78, 5) is 12.8. The van der Waals surface area contributed by atoms with Crippen LogP contribution in [0.3, 0.4) is 0 Å². The van der Waals surface area contributed by atoms with Crippen LogP contribution in [-0.2, 0) is 16.6 Å². The van der Waals surface area contributed by atoms with Gasteiger partial charge in [-0.1, -0.05) is 0 Å². The molecule has 0 saturated carbocycles. The maximum absolute atomic E-state index is 12.0. The van der Waals surface area contributed by atoms with Crippen molar-refractivity contribution in [3.05, 3.63) is 64.5 Å². The number of nitrogens with zero attached hydrogens (tertiary/aromatic N) is 1. The molecule has 2 N–H and O–H groups in total. The predicted octanol–water partition coefficient (Wildman–Crippen LogP) is 0.887. The number of nitro groups is 1. The topological polar surface area (TPSA) is 103 Å². The molecule has 0 bridgehead atoms. The molecule has 0 amide bonds. The van der Waals surface area contributed by atoms with Gasteiger partial charge in [-0.15, -0.1) is 0 Å². The van der Waals surface area contributed by atoms with Gasteiger partial charge in [0.1, 0.15) is 0 Å². The average Bonchev–Trinajstić information content (AvgIpc) is 2.46. The number of non-ortho nitro benzene ring substituents is 1. The van der Waals surface area contributed by atoms with E-state index in [-0.39, 0.29) is 17.1 Å². The monoisotopic (exact) mass is 294 g/mol. The first-order valence-corrected chi connectivity index (χ1v) is 7.16. The first-order valence-electron chi connectivity index (χ1n) is 5.68. The number of aromatic amines is 1. The number of H-pyrrole nitrogens is 1. The van der Waals surface area contributed by atoms with E-state index in [1.54, 1.807) is 24.5 Å². The van der Waals surface area contributed by atoms with Crippen LogP contribution in [0, 0.1) is 10.1 Å². The van der Waals surface area contributed by atoms with Crippen molar-refractivity contribution in [3.63, 3.8) is 0 Å². The van der Waals surface area contributed by atoms with E-state index in [9.17, 15) is 18.5 Å². The Kier molecular flexibility index (Phi) is 4.06. The quantitative estimate of drug-likeness (QED) is 0.653. The molecule has 1 aromatic heterocycles. The van der Waals surface area contributed by atoms with Gasteiger partial charge < -0.3 is 0 Å². The highest BCUT2D eigenvalue weighted by molar-refractivity contribution is 7.89. The fourth-order valence-corrected chi connectivity index (χ4v) is 2.57. The Bertz CT molecular complexity index is 699. The second-order valence-corrected chi connectivity index (χ2v) is 5.75. The van der Waals surface area contributed by atoms with E-state index < -0.39 is 14.9 Å². The van der Waals surface area contributed by atoms with Crippen molar-refractivity contribution >= 4 is 15.7 Å². The number of benzene rings is 1. The second-order valence-electron chi connectivity index (χ2n) is 3.99. The minimum atomic E-state index is -3.69. The van der Waals surface area contributed by atoms with Gasteiger partial charge in [0, 0.05) is 30.3 Å². The molecule has 1 heterocycles. The van der Waals surface area contributed by atoms with Crippen LogP contribution in [0.15, 0.2) is 53.7 Å². The third-order valence-corrected chi connectivity index (χ3v) is 4.01. The predicted molar refractivity (Wildman–Crippen MR) is 70.1 cm³/mol. The molecule has 0 atom stereocenters. The van der Waals surface area contributed by atoms with E-state index in [1.807, 2.05) is 0 Å². The summed E-state index contributed by atoms with van der Waals surface area (Å²) in [6, 6.07) is 8.26. The van der Waals surface area contributed by atoms with Gasteiger partial charge in [0.15, 0.2) is 12.4 Å². The Morgan fingerprint density at radius 3 is 2.45 bits per heavy atom. The van der Waals surface area contributed by atoms with Crippen molar-refractivity contribution < 1.29 is 18.3 Å². The Labute approximate surface area is 115 Å². The number of nitrogens with one attached hydrogen (secondary N) is 2. The molecule has 2 rings (SSSR count). The first kappa shape index (κ1) is 14.1. The van der Waals surface area contributed by atoms with Gasteiger partial charge in [-0.05, 0) is 18.2 Å². The van der Waals surface area contributed by atoms with E-state index in [4.69, 9.17) is 0 Å². The molecule has 1 aromatic carbocycles. The summed E-state index contributed by atoms with van der Waals surface area (Å²) in [5, 5.41) is 10.5.